The van der Waals surface area contributed by atoms with Crippen LogP contribution in [0.15, 0.2) is 71.8 Å². The number of hydrogen-bond donors (Lipinski definition) is 3. The summed E-state index contributed by atoms with van der Waals surface area (Å²) in [5.41, 5.74) is 6.50. The van der Waals surface area contributed by atoms with Crippen LogP contribution in [0.2, 0.25) is 0 Å². The Balaban J connectivity index is 1.36. The normalized spacial score (nSPS) is 17.2. The molecule has 4 rings (SSSR count). The number of amides is 1. The Morgan fingerprint density at radius 2 is 1.78 bits per heavy atom. The molecule has 1 fully saturated rings. The fourth-order valence-corrected chi connectivity index (χ4v) is 4.35. The van der Waals surface area contributed by atoms with E-state index in [1.54, 1.807) is 36.4 Å². The smallest absolute Gasteiger partial charge is 0.347 e. The van der Waals surface area contributed by atoms with Crippen molar-refractivity contribution in [1.82, 2.24) is 15.7 Å². The zero-order valence-corrected chi connectivity index (χ0v) is 20.0. The van der Waals surface area contributed by atoms with Gasteiger partial charge in [-0.15, -0.1) is 0 Å². The van der Waals surface area contributed by atoms with Crippen LogP contribution in [-0.4, -0.2) is 36.4 Å². The van der Waals surface area contributed by atoms with E-state index in [1.807, 2.05) is 0 Å². The molecular weight excluding hydrogens is 494 g/mol. The molecule has 1 saturated heterocycles. The molecule has 12 heteroatoms. The van der Waals surface area contributed by atoms with Crippen LogP contribution < -0.4 is 20.9 Å². The van der Waals surface area contributed by atoms with Crippen LogP contribution in [-0.2, 0) is 14.6 Å². The molecule has 0 radical (unpaired) electrons. The number of ether oxygens (including phenoxy) is 1. The van der Waals surface area contributed by atoms with Gasteiger partial charge in [-0.25, -0.2) is 8.42 Å². The summed E-state index contributed by atoms with van der Waals surface area (Å²) in [5.74, 6) is 0.248. The number of ketones is 1. The number of halogens is 2. The summed E-state index contributed by atoms with van der Waals surface area (Å²) in [6.07, 6.45) is 1.46. The summed E-state index contributed by atoms with van der Waals surface area (Å²) < 4.78 is 56.8. The van der Waals surface area contributed by atoms with E-state index in [4.69, 9.17) is 4.74 Å². The van der Waals surface area contributed by atoms with Gasteiger partial charge in [-0.2, -0.15) is 8.78 Å². The standard InChI is InChI=1S/C24H22F2N4O5S/c1-14(31)20-13-18(9-10-27-20)35-17-7-4-6-16(12-17)29-30-23(32)22-21(28-22)15-5-3-8-19(11-15)36(33,34)24(2,25)26/h3-13,21-22,28-29H,1-2H3,(H,30,32). The number of alkyl halides is 2. The molecule has 0 saturated carbocycles. The number of anilines is 1. The minimum atomic E-state index is -4.83. The first-order chi connectivity index (χ1) is 17.0. The predicted molar refractivity (Wildman–Crippen MR) is 126 cm³/mol. The molecule has 36 heavy (non-hydrogen) atoms. The molecule has 2 heterocycles. The summed E-state index contributed by atoms with van der Waals surface area (Å²) in [7, 11) is -4.83. The third-order valence-corrected chi connectivity index (χ3v) is 7.18. The van der Waals surface area contributed by atoms with Gasteiger partial charge in [-0.1, -0.05) is 18.2 Å². The summed E-state index contributed by atoms with van der Waals surface area (Å²) in [4.78, 5) is 27.5. The molecule has 188 valence electrons. The fourth-order valence-electron chi connectivity index (χ4n) is 3.39. The number of pyridine rings is 1. The van der Waals surface area contributed by atoms with Crippen molar-refractivity contribution in [2.24, 2.45) is 0 Å². The Morgan fingerprint density at radius 3 is 2.50 bits per heavy atom. The van der Waals surface area contributed by atoms with Crippen molar-refractivity contribution >= 4 is 27.2 Å². The van der Waals surface area contributed by atoms with Gasteiger partial charge >= 0.3 is 5.25 Å². The molecule has 3 aromatic rings. The molecule has 2 aromatic carbocycles. The number of rotatable bonds is 9. The minimum absolute atomic E-state index is 0.192. The van der Waals surface area contributed by atoms with E-state index in [-0.39, 0.29) is 11.5 Å². The highest BCUT2D eigenvalue weighted by atomic mass is 32.2. The fraction of sp³-hybridized carbons (Fsp3) is 0.208. The first-order valence-corrected chi connectivity index (χ1v) is 12.2. The van der Waals surface area contributed by atoms with E-state index in [9.17, 15) is 26.8 Å². The van der Waals surface area contributed by atoms with Crippen LogP contribution in [0.25, 0.3) is 0 Å². The molecule has 1 aromatic heterocycles. The van der Waals surface area contributed by atoms with Crippen LogP contribution >= 0.6 is 0 Å². The molecule has 0 spiro atoms. The summed E-state index contributed by atoms with van der Waals surface area (Å²) >= 11 is 0. The largest absolute Gasteiger partial charge is 0.457 e. The van der Waals surface area contributed by atoms with Crippen molar-refractivity contribution in [2.45, 2.75) is 36.1 Å². The molecule has 0 bridgehead atoms. The van der Waals surface area contributed by atoms with Gasteiger partial charge in [0.2, 0.25) is 9.84 Å². The topological polar surface area (TPSA) is 136 Å². The first-order valence-electron chi connectivity index (χ1n) is 10.7. The van der Waals surface area contributed by atoms with Gasteiger partial charge < -0.3 is 4.74 Å². The van der Waals surface area contributed by atoms with Crippen molar-refractivity contribution in [1.29, 1.82) is 0 Å². The van der Waals surface area contributed by atoms with E-state index >= 15 is 0 Å². The van der Waals surface area contributed by atoms with Gasteiger partial charge in [0.25, 0.3) is 5.91 Å². The highest BCUT2D eigenvalue weighted by molar-refractivity contribution is 7.92. The van der Waals surface area contributed by atoms with Crippen molar-refractivity contribution in [3.63, 3.8) is 0 Å². The molecule has 0 aliphatic carbocycles. The van der Waals surface area contributed by atoms with E-state index in [1.165, 1.54) is 25.3 Å². The highest BCUT2D eigenvalue weighted by Crippen LogP contribution is 2.34. The quantitative estimate of drug-likeness (QED) is 0.223. The lowest BCUT2D eigenvalue weighted by Gasteiger charge is -2.12. The molecule has 3 N–H and O–H groups in total. The Morgan fingerprint density at radius 1 is 1.06 bits per heavy atom. The second-order valence-electron chi connectivity index (χ2n) is 8.18. The molecule has 1 amide bonds. The van der Waals surface area contributed by atoms with Gasteiger partial charge in [0, 0.05) is 32.2 Å². The zero-order chi connectivity index (χ0) is 26.1. The molecule has 9 nitrogen and oxygen atoms in total. The number of sulfone groups is 1. The van der Waals surface area contributed by atoms with E-state index in [2.05, 4.69) is 21.2 Å². The summed E-state index contributed by atoms with van der Waals surface area (Å²) in [6.45, 7) is 1.73. The van der Waals surface area contributed by atoms with E-state index < -0.39 is 38.0 Å². The van der Waals surface area contributed by atoms with Crippen molar-refractivity contribution in [3.8, 4) is 11.5 Å². The Bertz CT molecular complexity index is 1430. The molecule has 1 aliphatic heterocycles. The lowest BCUT2D eigenvalue weighted by atomic mass is 10.1. The van der Waals surface area contributed by atoms with Crippen LogP contribution in [0, 0.1) is 0 Å². The number of carbonyl (C=O) groups excluding carboxylic acids is 2. The molecule has 2 atom stereocenters. The highest BCUT2D eigenvalue weighted by Gasteiger charge is 2.45. The monoisotopic (exact) mass is 516 g/mol. The van der Waals surface area contributed by atoms with Crippen molar-refractivity contribution in [3.05, 3.63) is 78.1 Å². The number of carbonyl (C=O) groups is 2. The lowest BCUT2D eigenvalue weighted by Crippen LogP contribution is -2.34. The van der Waals surface area contributed by atoms with E-state index in [0.29, 0.717) is 29.7 Å². The summed E-state index contributed by atoms with van der Waals surface area (Å²) in [6, 6.07) is 13.8. The minimum Gasteiger partial charge on any atom is -0.457 e. The van der Waals surface area contributed by atoms with Gasteiger partial charge in [0.15, 0.2) is 5.78 Å². The van der Waals surface area contributed by atoms with Gasteiger partial charge in [-0.05, 0) is 35.9 Å². The predicted octanol–water partition coefficient (Wildman–Crippen LogP) is 3.62. The maximum atomic E-state index is 13.5. The van der Waals surface area contributed by atoms with Gasteiger partial charge in [0.05, 0.1) is 16.6 Å². The molecule has 2 unspecified atom stereocenters. The third-order valence-electron chi connectivity index (χ3n) is 5.36. The van der Waals surface area contributed by atoms with Crippen LogP contribution in [0.1, 0.15) is 35.9 Å². The third kappa shape index (κ3) is 5.50. The zero-order valence-electron chi connectivity index (χ0n) is 19.2. The Hall–Kier alpha value is -3.90. The SMILES string of the molecule is CC(=O)c1cc(Oc2cccc(NNC(=O)C3NC3c3cccc(S(=O)(=O)C(C)(F)F)c3)c2)ccn1. The second kappa shape index (κ2) is 9.63. The van der Waals surface area contributed by atoms with Crippen molar-refractivity contribution in [2.75, 3.05) is 5.43 Å². The first kappa shape index (κ1) is 25.2. The maximum Gasteiger partial charge on any atom is 0.347 e. The second-order valence-corrected chi connectivity index (χ2v) is 10.4. The number of Topliss-reactive ketones (excluding diaryl/α,β-unsaturated/α-hetero) is 1. The molecule has 1 aliphatic rings. The van der Waals surface area contributed by atoms with Crippen LogP contribution in [0.3, 0.4) is 0 Å². The maximum absolute atomic E-state index is 13.5. The lowest BCUT2D eigenvalue weighted by molar-refractivity contribution is -0.120. The number of benzene rings is 2. The number of hydrazine groups is 1. The Labute approximate surface area is 205 Å². The number of hydrogen-bond acceptors (Lipinski definition) is 8. The number of aromatic nitrogens is 1. The van der Waals surface area contributed by atoms with Crippen LogP contribution in [0.4, 0.5) is 14.5 Å². The molecular formula is C24H22F2N4O5S. The van der Waals surface area contributed by atoms with Gasteiger partial charge in [-0.3, -0.25) is 30.7 Å². The number of nitrogens with one attached hydrogen (secondary N) is 3. The van der Waals surface area contributed by atoms with Crippen molar-refractivity contribution < 1.29 is 31.5 Å². The average Bonchev–Trinajstić information content (AvgIpc) is 3.64. The summed E-state index contributed by atoms with van der Waals surface area (Å²) in [5, 5.41) is -1.02. The average molecular weight is 517 g/mol. The van der Waals surface area contributed by atoms with Gasteiger partial charge in [0.1, 0.15) is 23.2 Å². The number of nitrogens with zero attached hydrogens (tertiary/aromatic N) is 1. The van der Waals surface area contributed by atoms with Crippen LogP contribution in [0.5, 0.6) is 11.5 Å². The van der Waals surface area contributed by atoms with E-state index in [0.717, 1.165) is 12.1 Å². The Kier molecular flexibility index (Phi) is 6.74.